The molecule has 0 saturated carbocycles. The Hall–Kier alpha value is -2.10. The maximum atomic E-state index is 10.7. The Bertz CT molecular complexity index is 492. The molecule has 88 valence electrons. The van der Waals surface area contributed by atoms with Crippen molar-refractivity contribution in [2.45, 2.75) is 6.42 Å². The highest BCUT2D eigenvalue weighted by molar-refractivity contribution is 5.53. The SMILES string of the molecule is CN(CC1=CC=CC1)c1cccc([N+](=O)[O-])c1. The van der Waals surface area contributed by atoms with Crippen LogP contribution in [0.15, 0.2) is 48.1 Å². The zero-order valence-corrected chi connectivity index (χ0v) is 9.67. The number of hydrogen-bond acceptors (Lipinski definition) is 3. The van der Waals surface area contributed by atoms with E-state index in [2.05, 4.69) is 12.2 Å². The molecular weight excluding hydrogens is 216 g/mol. The minimum absolute atomic E-state index is 0.132. The van der Waals surface area contributed by atoms with E-state index >= 15 is 0 Å². The summed E-state index contributed by atoms with van der Waals surface area (Å²) in [7, 11) is 1.94. The maximum Gasteiger partial charge on any atom is 0.271 e. The Morgan fingerprint density at radius 2 is 2.29 bits per heavy atom. The molecule has 1 aromatic rings. The van der Waals surface area contributed by atoms with Gasteiger partial charge in [0.1, 0.15) is 0 Å². The molecule has 1 aliphatic carbocycles. The highest BCUT2D eigenvalue weighted by atomic mass is 16.6. The summed E-state index contributed by atoms with van der Waals surface area (Å²) in [5, 5.41) is 10.7. The molecule has 0 radical (unpaired) electrons. The summed E-state index contributed by atoms with van der Waals surface area (Å²) < 4.78 is 0. The monoisotopic (exact) mass is 230 g/mol. The van der Waals surface area contributed by atoms with Gasteiger partial charge in [0.05, 0.1) is 4.92 Å². The standard InChI is InChI=1S/C13H14N2O2/c1-14(10-11-5-2-3-6-11)12-7-4-8-13(9-12)15(16)17/h2-5,7-9H,6,10H2,1H3. The van der Waals surface area contributed by atoms with Crippen molar-refractivity contribution in [1.82, 2.24) is 0 Å². The van der Waals surface area contributed by atoms with E-state index in [-0.39, 0.29) is 10.6 Å². The van der Waals surface area contributed by atoms with Crippen LogP contribution in [0.3, 0.4) is 0 Å². The van der Waals surface area contributed by atoms with Crippen molar-refractivity contribution in [2.75, 3.05) is 18.5 Å². The molecule has 0 N–H and O–H groups in total. The van der Waals surface area contributed by atoms with Crippen molar-refractivity contribution in [3.8, 4) is 0 Å². The topological polar surface area (TPSA) is 46.4 Å². The molecule has 2 rings (SSSR count). The van der Waals surface area contributed by atoms with Crippen molar-refractivity contribution in [1.29, 1.82) is 0 Å². The van der Waals surface area contributed by atoms with Gasteiger partial charge in [-0.2, -0.15) is 0 Å². The summed E-state index contributed by atoms with van der Waals surface area (Å²) in [6.07, 6.45) is 7.21. The number of nitro groups is 1. The molecule has 4 heteroatoms. The van der Waals surface area contributed by atoms with Crippen molar-refractivity contribution in [3.05, 3.63) is 58.2 Å². The van der Waals surface area contributed by atoms with Gasteiger partial charge in [0, 0.05) is 31.4 Å². The van der Waals surface area contributed by atoms with Gasteiger partial charge in [-0.15, -0.1) is 0 Å². The molecule has 1 aliphatic rings. The number of likely N-dealkylation sites (N-methyl/N-ethyl adjacent to an activating group) is 1. The average Bonchev–Trinajstić information content (AvgIpc) is 2.82. The number of benzene rings is 1. The van der Waals surface area contributed by atoms with E-state index in [9.17, 15) is 10.1 Å². The Labute approximate surface area is 100 Å². The first kappa shape index (κ1) is 11.4. The molecule has 0 unspecified atom stereocenters. The highest BCUT2D eigenvalue weighted by Crippen LogP contribution is 2.22. The van der Waals surface area contributed by atoms with Gasteiger partial charge in [0.2, 0.25) is 0 Å². The van der Waals surface area contributed by atoms with Crippen LogP contribution in [0.5, 0.6) is 0 Å². The van der Waals surface area contributed by atoms with Crippen molar-refractivity contribution < 1.29 is 4.92 Å². The Morgan fingerprint density at radius 3 is 2.94 bits per heavy atom. The molecule has 0 saturated heterocycles. The van der Waals surface area contributed by atoms with Crippen molar-refractivity contribution >= 4 is 11.4 Å². The highest BCUT2D eigenvalue weighted by Gasteiger charge is 2.10. The van der Waals surface area contributed by atoms with E-state index < -0.39 is 0 Å². The van der Waals surface area contributed by atoms with Crippen molar-refractivity contribution in [3.63, 3.8) is 0 Å². The fourth-order valence-electron chi connectivity index (χ4n) is 1.85. The fourth-order valence-corrected chi connectivity index (χ4v) is 1.85. The molecule has 0 aromatic heterocycles. The number of nitro benzene ring substituents is 1. The first-order valence-corrected chi connectivity index (χ1v) is 5.47. The molecule has 4 nitrogen and oxygen atoms in total. The van der Waals surface area contributed by atoms with Crippen molar-refractivity contribution in [2.24, 2.45) is 0 Å². The van der Waals surface area contributed by atoms with E-state index in [0.717, 1.165) is 18.7 Å². The van der Waals surface area contributed by atoms with Gasteiger partial charge in [-0.3, -0.25) is 10.1 Å². The summed E-state index contributed by atoms with van der Waals surface area (Å²) in [4.78, 5) is 12.3. The maximum absolute atomic E-state index is 10.7. The largest absolute Gasteiger partial charge is 0.370 e. The van der Waals surface area contributed by atoms with Gasteiger partial charge in [-0.25, -0.2) is 0 Å². The smallest absolute Gasteiger partial charge is 0.271 e. The second kappa shape index (κ2) is 4.82. The van der Waals surface area contributed by atoms with Crippen LogP contribution in [0.2, 0.25) is 0 Å². The van der Waals surface area contributed by atoms with Crippen LogP contribution in [0.25, 0.3) is 0 Å². The number of rotatable bonds is 4. The molecule has 0 heterocycles. The lowest BCUT2D eigenvalue weighted by Gasteiger charge is -2.19. The molecule has 0 amide bonds. The lowest BCUT2D eigenvalue weighted by atomic mass is 10.2. The summed E-state index contributed by atoms with van der Waals surface area (Å²) in [6.45, 7) is 0.800. The first-order valence-electron chi connectivity index (χ1n) is 5.47. The molecule has 0 bridgehead atoms. The summed E-state index contributed by atoms with van der Waals surface area (Å²) in [5.41, 5.74) is 2.32. The van der Waals surface area contributed by atoms with Gasteiger partial charge < -0.3 is 4.90 Å². The number of nitrogens with zero attached hydrogens (tertiary/aromatic N) is 2. The average molecular weight is 230 g/mol. The van der Waals surface area contributed by atoms with Gasteiger partial charge in [-0.1, -0.05) is 24.3 Å². The van der Waals surface area contributed by atoms with Gasteiger partial charge in [0.25, 0.3) is 5.69 Å². The summed E-state index contributed by atoms with van der Waals surface area (Å²) in [6, 6.07) is 6.71. The van der Waals surface area contributed by atoms with Crippen LogP contribution < -0.4 is 4.90 Å². The Balaban J connectivity index is 2.10. The first-order chi connectivity index (χ1) is 8.16. The Morgan fingerprint density at radius 1 is 1.47 bits per heavy atom. The zero-order valence-electron chi connectivity index (χ0n) is 9.67. The minimum atomic E-state index is -0.367. The summed E-state index contributed by atoms with van der Waals surface area (Å²) in [5.74, 6) is 0. The van der Waals surface area contributed by atoms with E-state index in [0.29, 0.717) is 0 Å². The summed E-state index contributed by atoms with van der Waals surface area (Å²) >= 11 is 0. The third kappa shape index (κ3) is 2.72. The number of hydrogen-bond donors (Lipinski definition) is 0. The normalized spacial score (nSPS) is 13.6. The van der Waals surface area contributed by atoms with Crippen LogP contribution in [-0.4, -0.2) is 18.5 Å². The second-order valence-corrected chi connectivity index (χ2v) is 4.09. The van der Waals surface area contributed by atoms with Crippen LogP contribution in [-0.2, 0) is 0 Å². The zero-order chi connectivity index (χ0) is 12.3. The number of allylic oxidation sites excluding steroid dienone is 3. The molecule has 0 atom stereocenters. The third-order valence-corrected chi connectivity index (χ3v) is 2.77. The van der Waals surface area contributed by atoms with Crippen LogP contribution in [0, 0.1) is 10.1 Å². The van der Waals surface area contributed by atoms with Gasteiger partial charge in [0.15, 0.2) is 0 Å². The molecule has 0 fully saturated rings. The Kier molecular flexibility index (Phi) is 3.23. The van der Waals surface area contributed by atoms with Gasteiger partial charge >= 0.3 is 0 Å². The molecular formula is C13H14N2O2. The van der Waals surface area contributed by atoms with E-state index in [1.165, 1.54) is 11.6 Å². The van der Waals surface area contributed by atoms with Gasteiger partial charge in [-0.05, 0) is 18.1 Å². The molecule has 1 aromatic carbocycles. The molecule has 0 aliphatic heterocycles. The number of non-ortho nitro benzene ring substituents is 1. The third-order valence-electron chi connectivity index (χ3n) is 2.77. The molecule has 17 heavy (non-hydrogen) atoms. The van der Waals surface area contributed by atoms with E-state index in [4.69, 9.17) is 0 Å². The predicted octanol–water partition coefficient (Wildman–Crippen LogP) is 2.92. The van der Waals surface area contributed by atoms with E-state index in [1.807, 2.05) is 24.1 Å². The van der Waals surface area contributed by atoms with E-state index in [1.54, 1.807) is 12.1 Å². The fraction of sp³-hybridized carbons (Fsp3) is 0.231. The molecule has 0 spiro atoms. The lowest BCUT2D eigenvalue weighted by Crippen LogP contribution is -2.19. The number of anilines is 1. The quantitative estimate of drug-likeness (QED) is 0.590. The van der Waals surface area contributed by atoms with Crippen LogP contribution in [0.1, 0.15) is 6.42 Å². The van der Waals surface area contributed by atoms with Crippen LogP contribution >= 0.6 is 0 Å². The lowest BCUT2D eigenvalue weighted by molar-refractivity contribution is -0.384. The van der Waals surface area contributed by atoms with Crippen LogP contribution in [0.4, 0.5) is 11.4 Å². The predicted molar refractivity (Wildman–Crippen MR) is 68.2 cm³/mol. The second-order valence-electron chi connectivity index (χ2n) is 4.09. The minimum Gasteiger partial charge on any atom is -0.370 e.